The van der Waals surface area contributed by atoms with Crippen LogP contribution in [-0.4, -0.2) is 18.6 Å². The number of benzene rings is 1. The third-order valence-corrected chi connectivity index (χ3v) is 4.17. The Kier molecular flexibility index (Phi) is 2.76. The first-order chi connectivity index (χ1) is 8.73. The van der Waals surface area contributed by atoms with Gasteiger partial charge in [0.2, 0.25) is 0 Å². The summed E-state index contributed by atoms with van der Waals surface area (Å²) in [4.78, 5) is 2.31. The van der Waals surface area contributed by atoms with Crippen molar-refractivity contribution < 1.29 is 0 Å². The summed E-state index contributed by atoms with van der Waals surface area (Å²) in [6.07, 6.45) is 4.52. The molecule has 3 nitrogen and oxygen atoms in total. The molecule has 3 heteroatoms. The van der Waals surface area contributed by atoms with Gasteiger partial charge in [-0.05, 0) is 43.2 Å². The van der Waals surface area contributed by atoms with E-state index in [1.165, 1.54) is 11.3 Å². The summed E-state index contributed by atoms with van der Waals surface area (Å²) in [5, 5.41) is 9.37. The SMILES string of the molecule is N#CC(N)(CN1CCCc2ccccc21)C1CC1. The van der Waals surface area contributed by atoms with Gasteiger partial charge in [0, 0.05) is 18.8 Å². The van der Waals surface area contributed by atoms with Gasteiger partial charge in [0.1, 0.15) is 5.54 Å². The lowest BCUT2D eigenvalue weighted by atomic mass is 9.93. The van der Waals surface area contributed by atoms with E-state index in [1.54, 1.807) is 0 Å². The Labute approximate surface area is 108 Å². The fraction of sp³-hybridized carbons (Fsp3) is 0.533. The molecular weight excluding hydrogens is 222 g/mol. The molecule has 0 amide bonds. The molecule has 3 rings (SSSR count). The summed E-state index contributed by atoms with van der Waals surface area (Å²) >= 11 is 0. The Hall–Kier alpha value is -1.53. The Balaban J connectivity index is 1.84. The number of hydrogen-bond acceptors (Lipinski definition) is 3. The predicted octanol–water partition coefficient (Wildman–Crippen LogP) is 2.07. The maximum absolute atomic E-state index is 9.37. The minimum absolute atomic E-state index is 0.400. The molecule has 1 saturated carbocycles. The summed E-state index contributed by atoms with van der Waals surface area (Å²) in [7, 11) is 0. The van der Waals surface area contributed by atoms with E-state index < -0.39 is 5.54 Å². The second-order valence-corrected chi connectivity index (χ2v) is 5.58. The van der Waals surface area contributed by atoms with Crippen molar-refractivity contribution in [3.63, 3.8) is 0 Å². The molecule has 0 radical (unpaired) electrons. The summed E-state index contributed by atoms with van der Waals surface area (Å²) in [5.74, 6) is 0.400. The number of nitrogens with zero attached hydrogens (tertiary/aromatic N) is 2. The lowest BCUT2D eigenvalue weighted by molar-refractivity contribution is 0.460. The minimum atomic E-state index is -0.662. The van der Waals surface area contributed by atoms with Gasteiger partial charge < -0.3 is 10.6 Å². The number of hydrogen-bond donors (Lipinski definition) is 1. The second kappa shape index (κ2) is 4.29. The first-order valence-electron chi connectivity index (χ1n) is 6.76. The minimum Gasteiger partial charge on any atom is -0.368 e. The largest absolute Gasteiger partial charge is 0.368 e. The first-order valence-corrected chi connectivity index (χ1v) is 6.76. The molecule has 0 spiro atoms. The number of nitrogens with two attached hydrogens (primary N) is 1. The second-order valence-electron chi connectivity index (χ2n) is 5.58. The predicted molar refractivity (Wildman–Crippen MR) is 72.2 cm³/mol. The quantitative estimate of drug-likeness (QED) is 0.881. The number of fused-ring (bicyclic) bond motifs is 1. The van der Waals surface area contributed by atoms with Crippen LogP contribution in [0.5, 0.6) is 0 Å². The zero-order chi connectivity index (χ0) is 12.6. The van der Waals surface area contributed by atoms with E-state index in [9.17, 15) is 5.26 Å². The number of para-hydroxylation sites is 1. The summed E-state index contributed by atoms with van der Waals surface area (Å²) in [6, 6.07) is 10.8. The Bertz CT molecular complexity index is 487. The van der Waals surface area contributed by atoms with Gasteiger partial charge in [0.15, 0.2) is 0 Å². The molecule has 2 aliphatic rings. The van der Waals surface area contributed by atoms with Crippen LogP contribution < -0.4 is 10.6 Å². The van der Waals surface area contributed by atoms with Crippen molar-refractivity contribution in [1.29, 1.82) is 5.26 Å². The average Bonchev–Trinajstić information content (AvgIpc) is 3.24. The van der Waals surface area contributed by atoms with Crippen LogP contribution in [0.1, 0.15) is 24.8 Å². The number of anilines is 1. The van der Waals surface area contributed by atoms with E-state index >= 15 is 0 Å². The van der Waals surface area contributed by atoms with E-state index in [0.717, 1.165) is 32.2 Å². The molecule has 18 heavy (non-hydrogen) atoms. The van der Waals surface area contributed by atoms with Gasteiger partial charge >= 0.3 is 0 Å². The van der Waals surface area contributed by atoms with Crippen molar-refractivity contribution in [1.82, 2.24) is 0 Å². The molecular formula is C15H19N3. The fourth-order valence-corrected chi connectivity index (χ4v) is 2.95. The smallest absolute Gasteiger partial charge is 0.124 e. The van der Waals surface area contributed by atoms with Crippen LogP contribution in [0.3, 0.4) is 0 Å². The first kappa shape index (κ1) is 11.6. The lowest BCUT2D eigenvalue weighted by Gasteiger charge is -2.36. The zero-order valence-electron chi connectivity index (χ0n) is 10.6. The molecule has 1 unspecified atom stereocenters. The summed E-state index contributed by atoms with van der Waals surface area (Å²) < 4.78 is 0. The summed E-state index contributed by atoms with van der Waals surface area (Å²) in [5.41, 5.74) is 8.29. The molecule has 0 bridgehead atoms. The normalized spacial score (nSPS) is 21.9. The van der Waals surface area contributed by atoms with Crippen LogP contribution >= 0.6 is 0 Å². The highest BCUT2D eigenvalue weighted by atomic mass is 15.2. The highest BCUT2D eigenvalue weighted by molar-refractivity contribution is 5.56. The van der Waals surface area contributed by atoms with Crippen molar-refractivity contribution in [3.05, 3.63) is 29.8 Å². The van der Waals surface area contributed by atoms with Gasteiger partial charge in [0.05, 0.1) is 6.07 Å². The summed E-state index contributed by atoms with van der Waals surface area (Å²) in [6.45, 7) is 1.69. The van der Waals surface area contributed by atoms with Crippen LogP contribution in [-0.2, 0) is 6.42 Å². The van der Waals surface area contributed by atoms with Gasteiger partial charge in [0.25, 0.3) is 0 Å². The average molecular weight is 241 g/mol. The van der Waals surface area contributed by atoms with Crippen LogP contribution in [0.25, 0.3) is 0 Å². The van der Waals surface area contributed by atoms with Crippen molar-refractivity contribution >= 4 is 5.69 Å². The molecule has 1 aromatic rings. The van der Waals surface area contributed by atoms with Gasteiger partial charge in [-0.25, -0.2) is 0 Å². The van der Waals surface area contributed by atoms with Crippen molar-refractivity contribution in [2.45, 2.75) is 31.2 Å². The van der Waals surface area contributed by atoms with E-state index in [4.69, 9.17) is 5.73 Å². The molecule has 1 aliphatic carbocycles. The molecule has 1 aliphatic heterocycles. The topological polar surface area (TPSA) is 53.1 Å². The van der Waals surface area contributed by atoms with Gasteiger partial charge in [-0.3, -0.25) is 0 Å². The van der Waals surface area contributed by atoms with Crippen LogP contribution in [0.4, 0.5) is 5.69 Å². The van der Waals surface area contributed by atoms with E-state index in [0.29, 0.717) is 12.5 Å². The molecule has 0 saturated heterocycles. The van der Waals surface area contributed by atoms with E-state index in [-0.39, 0.29) is 0 Å². The number of aryl methyl sites for hydroxylation is 1. The molecule has 2 N–H and O–H groups in total. The molecule has 1 atom stereocenters. The number of nitriles is 1. The Morgan fingerprint density at radius 3 is 2.89 bits per heavy atom. The zero-order valence-corrected chi connectivity index (χ0v) is 10.6. The maximum Gasteiger partial charge on any atom is 0.124 e. The monoisotopic (exact) mass is 241 g/mol. The maximum atomic E-state index is 9.37. The third-order valence-electron chi connectivity index (χ3n) is 4.17. The van der Waals surface area contributed by atoms with Crippen molar-refractivity contribution in [2.75, 3.05) is 18.0 Å². The molecule has 94 valence electrons. The molecule has 0 aromatic heterocycles. The Morgan fingerprint density at radius 2 is 2.17 bits per heavy atom. The highest BCUT2D eigenvalue weighted by Gasteiger charge is 2.44. The van der Waals surface area contributed by atoms with Crippen LogP contribution in [0, 0.1) is 17.2 Å². The fourth-order valence-electron chi connectivity index (χ4n) is 2.95. The standard InChI is InChI=1S/C15H19N3/c16-10-15(17,13-7-8-13)11-18-9-3-5-12-4-1-2-6-14(12)18/h1-2,4,6,13H,3,5,7-9,11,17H2. The van der Waals surface area contributed by atoms with E-state index in [2.05, 4.69) is 35.2 Å². The van der Waals surface area contributed by atoms with Gasteiger partial charge in [-0.1, -0.05) is 18.2 Å². The third kappa shape index (κ3) is 1.97. The van der Waals surface area contributed by atoms with Crippen LogP contribution in [0.2, 0.25) is 0 Å². The molecule has 1 aromatic carbocycles. The molecule has 1 heterocycles. The highest BCUT2D eigenvalue weighted by Crippen LogP contribution is 2.39. The van der Waals surface area contributed by atoms with Crippen molar-refractivity contribution in [3.8, 4) is 6.07 Å². The van der Waals surface area contributed by atoms with Gasteiger partial charge in [-0.2, -0.15) is 5.26 Å². The molecule has 1 fully saturated rings. The van der Waals surface area contributed by atoms with Crippen LogP contribution in [0.15, 0.2) is 24.3 Å². The van der Waals surface area contributed by atoms with Crippen molar-refractivity contribution in [2.24, 2.45) is 11.7 Å². The van der Waals surface area contributed by atoms with E-state index in [1.807, 2.05) is 0 Å². The van der Waals surface area contributed by atoms with Gasteiger partial charge in [-0.15, -0.1) is 0 Å². The lowest BCUT2D eigenvalue weighted by Crippen LogP contribution is -2.52. The Morgan fingerprint density at radius 1 is 1.39 bits per heavy atom. The number of rotatable bonds is 3.